The summed E-state index contributed by atoms with van der Waals surface area (Å²) in [5, 5.41) is 0. The van der Waals surface area contributed by atoms with Gasteiger partial charge in [-0.05, 0) is 29.8 Å². The molecule has 3 rings (SSSR count). The largest absolute Gasteiger partial charge is 0.497 e. The lowest BCUT2D eigenvalue weighted by Crippen LogP contribution is -2.31. The first kappa shape index (κ1) is 12.7. The van der Waals surface area contributed by atoms with Gasteiger partial charge in [-0.15, -0.1) is 0 Å². The summed E-state index contributed by atoms with van der Waals surface area (Å²) >= 11 is 0. The summed E-state index contributed by atoms with van der Waals surface area (Å²) in [4.78, 5) is 14.2. The minimum atomic E-state index is 0.238. The van der Waals surface area contributed by atoms with Crippen molar-refractivity contribution in [2.45, 2.75) is 13.0 Å². The lowest BCUT2D eigenvalue weighted by Gasteiger charge is -2.30. The van der Waals surface area contributed by atoms with Crippen molar-refractivity contribution in [3.8, 4) is 5.75 Å². The minimum Gasteiger partial charge on any atom is -0.497 e. The standard InChI is InChI=1S/C17H17NO2/c1-20-14-6-4-5-13(11-14)12-18-10-9-17(19)15-7-2-3-8-16(15)18/h2-8,11H,9-10,12H2,1H3. The van der Waals surface area contributed by atoms with Crippen molar-refractivity contribution < 1.29 is 9.53 Å². The van der Waals surface area contributed by atoms with Crippen LogP contribution in [0.2, 0.25) is 0 Å². The van der Waals surface area contributed by atoms with Gasteiger partial charge in [-0.3, -0.25) is 4.79 Å². The molecule has 0 aromatic heterocycles. The van der Waals surface area contributed by atoms with Crippen LogP contribution < -0.4 is 9.64 Å². The second-order valence-corrected chi connectivity index (χ2v) is 4.96. The van der Waals surface area contributed by atoms with E-state index in [0.29, 0.717) is 6.42 Å². The van der Waals surface area contributed by atoms with Crippen LogP contribution in [0.5, 0.6) is 5.75 Å². The number of anilines is 1. The molecule has 0 saturated carbocycles. The highest BCUT2D eigenvalue weighted by Crippen LogP contribution is 2.28. The lowest BCUT2D eigenvalue weighted by atomic mass is 10.00. The fraction of sp³-hybridized carbons (Fsp3) is 0.235. The number of hydrogen-bond donors (Lipinski definition) is 0. The summed E-state index contributed by atoms with van der Waals surface area (Å²) in [6, 6.07) is 15.9. The number of nitrogens with zero attached hydrogens (tertiary/aromatic N) is 1. The number of Topliss-reactive ketones (excluding diaryl/α,β-unsaturated/α-hetero) is 1. The van der Waals surface area contributed by atoms with Gasteiger partial charge in [0.05, 0.1) is 7.11 Å². The van der Waals surface area contributed by atoms with E-state index in [1.165, 1.54) is 5.56 Å². The highest BCUT2D eigenvalue weighted by atomic mass is 16.5. The molecule has 0 spiro atoms. The minimum absolute atomic E-state index is 0.238. The predicted octanol–water partition coefficient (Wildman–Crippen LogP) is 3.29. The van der Waals surface area contributed by atoms with Crippen LogP contribution in [0.25, 0.3) is 0 Å². The van der Waals surface area contributed by atoms with E-state index in [1.54, 1.807) is 7.11 Å². The van der Waals surface area contributed by atoms with Crippen molar-refractivity contribution in [1.29, 1.82) is 0 Å². The lowest BCUT2D eigenvalue weighted by molar-refractivity contribution is 0.0979. The Kier molecular flexibility index (Phi) is 3.42. The first-order valence-corrected chi connectivity index (χ1v) is 6.78. The zero-order valence-corrected chi connectivity index (χ0v) is 11.5. The number of carbonyl (C=O) groups is 1. The second kappa shape index (κ2) is 5.37. The SMILES string of the molecule is COc1cccc(CN2CCC(=O)c3ccccc32)c1. The Labute approximate surface area is 118 Å². The molecule has 3 heteroatoms. The highest BCUT2D eigenvalue weighted by molar-refractivity contribution is 6.03. The van der Waals surface area contributed by atoms with E-state index in [0.717, 1.165) is 30.1 Å². The van der Waals surface area contributed by atoms with E-state index < -0.39 is 0 Å². The molecule has 0 unspecified atom stereocenters. The van der Waals surface area contributed by atoms with Crippen molar-refractivity contribution in [2.75, 3.05) is 18.6 Å². The maximum Gasteiger partial charge on any atom is 0.166 e. The van der Waals surface area contributed by atoms with Crippen molar-refractivity contribution in [2.24, 2.45) is 0 Å². The summed E-state index contributed by atoms with van der Waals surface area (Å²) in [6.45, 7) is 1.56. The molecule has 1 aliphatic rings. The van der Waals surface area contributed by atoms with E-state index in [-0.39, 0.29) is 5.78 Å². The highest BCUT2D eigenvalue weighted by Gasteiger charge is 2.22. The molecule has 1 aliphatic heterocycles. The molecule has 0 amide bonds. The molecule has 0 aliphatic carbocycles. The molecule has 1 heterocycles. The van der Waals surface area contributed by atoms with Crippen LogP contribution in [-0.4, -0.2) is 19.4 Å². The first-order valence-electron chi connectivity index (χ1n) is 6.78. The summed E-state index contributed by atoms with van der Waals surface area (Å²) < 4.78 is 5.26. The van der Waals surface area contributed by atoms with E-state index in [9.17, 15) is 4.79 Å². The van der Waals surface area contributed by atoms with Gasteiger partial charge in [0, 0.05) is 30.8 Å². The predicted molar refractivity (Wildman–Crippen MR) is 79.4 cm³/mol. The number of ether oxygens (including phenoxy) is 1. The summed E-state index contributed by atoms with van der Waals surface area (Å²) in [5.74, 6) is 1.10. The van der Waals surface area contributed by atoms with Crippen LogP contribution in [0, 0.1) is 0 Å². The maximum absolute atomic E-state index is 11.9. The van der Waals surface area contributed by atoms with Gasteiger partial charge in [-0.25, -0.2) is 0 Å². The Balaban J connectivity index is 1.88. The summed E-state index contributed by atoms with van der Waals surface area (Å²) in [5.41, 5.74) is 3.06. The van der Waals surface area contributed by atoms with E-state index in [1.807, 2.05) is 42.5 Å². The molecule has 0 radical (unpaired) electrons. The van der Waals surface area contributed by atoms with Gasteiger partial charge in [-0.1, -0.05) is 24.3 Å². The Bertz CT molecular complexity index is 636. The van der Waals surface area contributed by atoms with Gasteiger partial charge in [-0.2, -0.15) is 0 Å². The van der Waals surface area contributed by atoms with Crippen LogP contribution >= 0.6 is 0 Å². The third-order valence-electron chi connectivity index (χ3n) is 3.66. The number of benzene rings is 2. The molecule has 2 aromatic carbocycles. The molecule has 102 valence electrons. The van der Waals surface area contributed by atoms with E-state index >= 15 is 0 Å². The van der Waals surface area contributed by atoms with E-state index in [4.69, 9.17) is 4.74 Å². The monoisotopic (exact) mass is 267 g/mol. The number of rotatable bonds is 3. The van der Waals surface area contributed by atoms with Crippen LogP contribution in [0.3, 0.4) is 0 Å². The first-order chi connectivity index (χ1) is 9.78. The summed E-state index contributed by atoms with van der Waals surface area (Å²) in [7, 11) is 1.67. The van der Waals surface area contributed by atoms with Crippen LogP contribution in [0.15, 0.2) is 48.5 Å². The maximum atomic E-state index is 11.9. The average Bonchev–Trinajstić information content (AvgIpc) is 2.51. The molecular formula is C17H17NO2. The van der Waals surface area contributed by atoms with Crippen LogP contribution in [0.1, 0.15) is 22.3 Å². The molecule has 0 bridgehead atoms. The molecule has 20 heavy (non-hydrogen) atoms. The van der Waals surface area contributed by atoms with Crippen LogP contribution in [-0.2, 0) is 6.54 Å². The van der Waals surface area contributed by atoms with Gasteiger partial charge < -0.3 is 9.64 Å². The van der Waals surface area contributed by atoms with Crippen LogP contribution in [0.4, 0.5) is 5.69 Å². The summed E-state index contributed by atoms with van der Waals surface area (Å²) in [6.07, 6.45) is 0.584. The smallest absolute Gasteiger partial charge is 0.166 e. The molecule has 2 aromatic rings. The van der Waals surface area contributed by atoms with Crippen molar-refractivity contribution in [3.63, 3.8) is 0 Å². The molecule has 0 fully saturated rings. The van der Waals surface area contributed by atoms with Gasteiger partial charge in [0.15, 0.2) is 5.78 Å². The molecule has 0 saturated heterocycles. The normalized spacial score (nSPS) is 14.1. The van der Waals surface area contributed by atoms with Gasteiger partial charge in [0.25, 0.3) is 0 Å². The third kappa shape index (κ3) is 2.39. The topological polar surface area (TPSA) is 29.5 Å². The Morgan fingerprint density at radius 3 is 2.85 bits per heavy atom. The van der Waals surface area contributed by atoms with Gasteiger partial charge in [0.1, 0.15) is 5.75 Å². The van der Waals surface area contributed by atoms with Crippen molar-refractivity contribution in [3.05, 3.63) is 59.7 Å². The van der Waals surface area contributed by atoms with Crippen molar-refractivity contribution >= 4 is 11.5 Å². The Morgan fingerprint density at radius 2 is 2.00 bits per heavy atom. The zero-order chi connectivity index (χ0) is 13.9. The second-order valence-electron chi connectivity index (χ2n) is 4.96. The molecular weight excluding hydrogens is 250 g/mol. The molecule has 0 N–H and O–H groups in total. The number of methoxy groups -OCH3 is 1. The number of ketones is 1. The zero-order valence-electron chi connectivity index (χ0n) is 11.5. The molecule has 0 atom stereocenters. The number of carbonyl (C=O) groups excluding carboxylic acids is 1. The third-order valence-corrected chi connectivity index (χ3v) is 3.66. The molecule has 3 nitrogen and oxygen atoms in total. The number of hydrogen-bond acceptors (Lipinski definition) is 3. The number of fused-ring (bicyclic) bond motifs is 1. The average molecular weight is 267 g/mol. The fourth-order valence-corrected chi connectivity index (χ4v) is 2.63. The Hall–Kier alpha value is -2.29. The quantitative estimate of drug-likeness (QED) is 0.854. The van der Waals surface area contributed by atoms with Crippen molar-refractivity contribution in [1.82, 2.24) is 0 Å². The van der Waals surface area contributed by atoms with E-state index in [2.05, 4.69) is 11.0 Å². The number of para-hydroxylation sites is 1. The Morgan fingerprint density at radius 1 is 1.15 bits per heavy atom. The van der Waals surface area contributed by atoms with Gasteiger partial charge >= 0.3 is 0 Å². The van der Waals surface area contributed by atoms with Gasteiger partial charge in [0.2, 0.25) is 0 Å². The fourth-order valence-electron chi connectivity index (χ4n) is 2.63.